The van der Waals surface area contributed by atoms with Crippen molar-refractivity contribution in [2.45, 2.75) is 109 Å². The van der Waals surface area contributed by atoms with E-state index in [4.69, 9.17) is 5.11 Å². The minimum atomic E-state index is -0.697. The molecule has 25 heavy (non-hydrogen) atoms. The Hall–Kier alpha value is -0.830. The highest BCUT2D eigenvalue weighted by atomic mass is 16.4. The van der Waals surface area contributed by atoms with Crippen molar-refractivity contribution < 1.29 is 9.90 Å². The molecule has 0 aliphatic heterocycles. The Morgan fingerprint density at radius 1 is 0.800 bits per heavy atom. The van der Waals surface area contributed by atoms with Crippen molar-refractivity contribution in [3.8, 4) is 0 Å². The van der Waals surface area contributed by atoms with Gasteiger partial charge in [0.15, 0.2) is 0 Å². The second-order valence-electron chi connectivity index (χ2n) is 7.54. The van der Waals surface area contributed by atoms with E-state index in [0.717, 1.165) is 19.3 Å². The molecule has 0 aromatic heterocycles. The fraction of sp³-hybridized carbons (Fsp3) is 0.864. The van der Waals surface area contributed by atoms with Crippen LogP contribution in [-0.4, -0.2) is 36.1 Å². The molecule has 0 saturated carbocycles. The van der Waals surface area contributed by atoms with Gasteiger partial charge in [-0.15, -0.1) is 0 Å². The van der Waals surface area contributed by atoms with E-state index in [0.29, 0.717) is 0 Å². The molecule has 1 atom stereocenters. The van der Waals surface area contributed by atoms with Crippen LogP contribution in [-0.2, 0) is 4.79 Å². The summed E-state index contributed by atoms with van der Waals surface area (Å²) in [4.78, 5) is 12.9. The SMILES string of the molecule is CCCCCCCC/C=C\CCCCCCCCC(C(=O)O)N(C)C. The summed E-state index contributed by atoms with van der Waals surface area (Å²) in [6.45, 7) is 2.27. The van der Waals surface area contributed by atoms with Crippen LogP contribution in [0.15, 0.2) is 12.2 Å². The summed E-state index contributed by atoms with van der Waals surface area (Å²) >= 11 is 0. The van der Waals surface area contributed by atoms with Crippen LogP contribution in [0.4, 0.5) is 0 Å². The van der Waals surface area contributed by atoms with E-state index in [9.17, 15) is 4.79 Å². The zero-order valence-corrected chi connectivity index (χ0v) is 17.1. The van der Waals surface area contributed by atoms with Gasteiger partial charge in [-0.2, -0.15) is 0 Å². The summed E-state index contributed by atoms with van der Waals surface area (Å²) in [6.07, 6.45) is 23.5. The van der Waals surface area contributed by atoms with Crippen LogP contribution in [0, 0.1) is 0 Å². The molecule has 148 valence electrons. The number of nitrogens with zero attached hydrogens (tertiary/aromatic N) is 1. The van der Waals surface area contributed by atoms with Crippen LogP contribution >= 0.6 is 0 Å². The van der Waals surface area contributed by atoms with Gasteiger partial charge in [0.1, 0.15) is 6.04 Å². The molecule has 1 unspecified atom stereocenters. The quantitative estimate of drug-likeness (QED) is 0.228. The molecule has 3 heteroatoms. The topological polar surface area (TPSA) is 40.5 Å². The van der Waals surface area contributed by atoms with Gasteiger partial charge in [0.2, 0.25) is 0 Å². The molecule has 0 radical (unpaired) electrons. The number of unbranched alkanes of at least 4 members (excludes halogenated alkanes) is 12. The van der Waals surface area contributed by atoms with Crippen LogP contribution in [0.1, 0.15) is 103 Å². The first-order chi connectivity index (χ1) is 12.1. The van der Waals surface area contributed by atoms with Gasteiger partial charge in [-0.1, -0.05) is 83.3 Å². The third-order valence-corrected chi connectivity index (χ3v) is 4.90. The molecule has 0 heterocycles. The number of likely N-dealkylation sites (N-methyl/N-ethyl adjacent to an activating group) is 1. The summed E-state index contributed by atoms with van der Waals surface area (Å²) in [6, 6.07) is -0.322. The Labute approximate surface area is 156 Å². The number of rotatable bonds is 18. The molecule has 0 saturated heterocycles. The average Bonchev–Trinajstić information content (AvgIpc) is 2.57. The maximum atomic E-state index is 11.1. The lowest BCUT2D eigenvalue weighted by Gasteiger charge is -2.19. The van der Waals surface area contributed by atoms with Gasteiger partial charge < -0.3 is 5.11 Å². The van der Waals surface area contributed by atoms with Crippen molar-refractivity contribution >= 4 is 5.97 Å². The van der Waals surface area contributed by atoms with Gasteiger partial charge in [0, 0.05) is 0 Å². The average molecular weight is 354 g/mol. The summed E-state index contributed by atoms with van der Waals surface area (Å²) in [5.41, 5.74) is 0. The monoisotopic (exact) mass is 353 g/mol. The van der Waals surface area contributed by atoms with Crippen LogP contribution in [0.2, 0.25) is 0 Å². The van der Waals surface area contributed by atoms with E-state index in [-0.39, 0.29) is 6.04 Å². The Bertz CT molecular complexity index is 326. The van der Waals surface area contributed by atoms with E-state index < -0.39 is 5.97 Å². The van der Waals surface area contributed by atoms with E-state index in [1.807, 2.05) is 14.1 Å². The number of carboxylic acids is 1. The highest BCUT2D eigenvalue weighted by Crippen LogP contribution is 2.12. The number of aliphatic carboxylic acids is 1. The molecule has 0 amide bonds. The first-order valence-corrected chi connectivity index (χ1v) is 10.6. The van der Waals surface area contributed by atoms with Crippen molar-refractivity contribution in [2.75, 3.05) is 14.1 Å². The third kappa shape index (κ3) is 16.4. The normalized spacial score (nSPS) is 13.0. The van der Waals surface area contributed by atoms with Gasteiger partial charge in [-0.05, 0) is 46.2 Å². The van der Waals surface area contributed by atoms with Crippen molar-refractivity contribution in [3.63, 3.8) is 0 Å². The molecule has 0 aliphatic rings. The van der Waals surface area contributed by atoms with E-state index in [2.05, 4.69) is 19.1 Å². The molecular weight excluding hydrogens is 310 g/mol. The first kappa shape index (κ1) is 24.2. The van der Waals surface area contributed by atoms with Gasteiger partial charge in [0.05, 0.1) is 0 Å². The summed E-state index contributed by atoms with van der Waals surface area (Å²) < 4.78 is 0. The summed E-state index contributed by atoms with van der Waals surface area (Å²) in [5, 5.41) is 9.12. The molecule has 0 spiro atoms. The van der Waals surface area contributed by atoms with E-state index >= 15 is 0 Å². The minimum absolute atomic E-state index is 0.322. The lowest BCUT2D eigenvalue weighted by atomic mass is 10.0. The molecule has 0 fully saturated rings. The highest BCUT2D eigenvalue weighted by molar-refractivity contribution is 5.73. The van der Waals surface area contributed by atoms with Gasteiger partial charge in [-0.25, -0.2) is 0 Å². The van der Waals surface area contributed by atoms with Crippen molar-refractivity contribution in [2.24, 2.45) is 0 Å². The van der Waals surface area contributed by atoms with Crippen molar-refractivity contribution in [1.29, 1.82) is 0 Å². The smallest absolute Gasteiger partial charge is 0.320 e. The zero-order chi connectivity index (χ0) is 18.8. The molecule has 0 bridgehead atoms. The second-order valence-corrected chi connectivity index (χ2v) is 7.54. The molecule has 0 rings (SSSR count). The predicted octanol–water partition coefficient (Wildman–Crippen LogP) is 6.43. The molecule has 3 nitrogen and oxygen atoms in total. The standard InChI is InChI=1S/C22H43NO2/c1-4-5-6-7-8-9-10-11-12-13-14-15-16-17-18-19-20-21(22(24)25)23(2)3/h11-12,21H,4-10,13-20H2,1-3H3,(H,24,25)/b12-11-. The second kappa shape index (κ2) is 18.0. The highest BCUT2D eigenvalue weighted by Gasteiger charge is 2.18. The van der Waals surface area contributed by atoms with Crippen LogP contribution < -0.4 is 0 Å². The Balaban J connectivity index is 3.30. The molecule has 1 N–H and O–H groups in total. The number of hydrogen-bond donors (Lipinski definition) is 1. The fourth-order valence-electron chi connectivity index (χ4n) is 3.19. The van der Waals surface area contributed by atoms with Crippen molar-refractivity contribution in [1.82, 2.24) is 4.90 Å². The molecule has 0 aromatic carbocycles. The number of carbonyl (C=O) groups is 1. The lowest BCUT2D eigenvalue weighted by molar-refractivity contribution is -0.142. The summed E-state index contributed by atoms with van der Waals surface area (Å²) in [7, 11) is 3.69. The number of allylic oxidation sites excluding steroid dienone is 2. The van der Waals surface area contributed by atoms with Gasteiger partial charge in [-0.3, -0.25) is 9.69 Å². The fourth-order valence-corrected chi connectivity index (χ4v) is 3.19. The Morgan fingerprint density at radius 3 is 1.68 bits per heavy atom. The largest absolute Gasteiger partial charge is 0.480 e. The van der Waals surface area contributed by atoms with Crippen LogP contribution in [0.5, 0.6) is 0 Å². The van der Waals surface area contributed by atoms with Gasteiger partial charge in [0.25, 0.3) is 0 Å². The maximum Gasteiger partial charge on any atom is 0.320 e. The van der Waals surface area contributed by atoms with Crippen molar-refractivity contribution in [3.05, 3.63) is 12.2 Å². The zero-order valence-electron chi connectivity index (χ0n) is 17.1. The Morgan fingerprint density at radius 2 is 1.24 bits per heavy atom. The number of carboxylic acid groups (broad SMARTS) is 1. The van der Waals surface area contributed by atoms with Gasteiger partial charge >= 0.3 is 5.97 Å². The third-order valence-electron chi connectivity index (χ3n) is 4.90. The van der Waals surface area contributed by atoms with Crippen LogP contribution in [0.25, 0.3) is 0 Å². The van der Waals surface area contributed by atoms with Crippen LogP contribution in [0.3, 0.4) is 0 Å². The Kier molecular flexibility index (Phi) is 17.4. The lowest BCUT2D eigenvalue weighted by Crippen LogP contribution is -2.35. The molecular formula is C22H43NO2. The predicted molar refractivity (Wildman–Crippen MR) is 109 cm³/mol. The summed E-state index contributed by atoms with van der Waals surface area (Å²) in [5.74, 6) is -0.697. The van der Waals surface area contributed by atoms with E-state index in [1.165, 1.54) is 77.0 Å². The molecule has 0 aliphatic carbocycles. The molecule has 0 aromatic rings. The first-order valence-electron chi connectivity index (χ1n) is 10.6. The number of hydrogen-bond acceptors (Lipinski definition) is 2. The van der Waals surface area contributed by atoms with E-state index in [1.54, 1.807) is 4.90 Å². The maximum absolute atomic E-state index is 11.1. The minimum Gasteiger partial charge on any atom is -0.480 e.